The lowest BCUT2D eigenvalue weighted by molar-refractivity contribution is -0.133. The molecule has 0 radical (unpaired) electrons. The SMILES string of the molecule is CC1=C(C(=O)O)C(c2cccc(Cl)c2)C(C(=O)NN2CCN(c3ccccc3)CC2)=C(C)N1. The van der Waals surface area contributed by atoms with Crippen LogP contribution in [0.2, 0.25) is 5.02 Å². The third-order valence-electron chi connectivity index (χ3n) is 6.08. The Morgan fingerprint density at radius 3 is 2.27 bits per heavy atom. The van der Waals surface area contributed by atoms with Gasteiger partial charge in [-0.1, -0.05) is 41.9 Å². The maximum atomic E-state index is 13.5. The second kappa shape index (κ2) is 9.68. The summed E-state index contributed by atoms with van der Waals surface area (Å²) >= 11 is 6.20. The van der Waals surface area contributed by atoms with Crippen LogP contribution in [0.25, 0.3) is 0 Å². The largest absolute Gasteiger partial charge is 0.478 e. The minimum atomic E-state index is -1.07. The first-order chi connectivity index (χ1) is 15.8. The van der Waals surface area contributed by atoms with Crippen LogP contribution in [0.3, 0.4) is 0 Å². The molecule has 1 amide bonds. The smallest absolute Gasteiger partial charge is 0.334 e. The lowest BCUT2D eigenvalue weighted by Crippen LogP contribution is -2.54. The number of halogens is 1. The highest BCUT2D eigenvalue weighted by Gasteiger charge is 2.37. The van der Waals surface area contributed by atoms with Crippen molar-refractivity contribution in [3.05, 3.63) is 87.7 Å². The van der Waals surface area contributed by atoms with Gasteiger partial charge in [-0.25, -0.2) is 9.80 Å². The molecule has 2 heterocycles. The molecule has 0 bridgehead atoms. The average Bonchev–Trinajstić information content (AvgIpc) is 2.79. The van der Waals surface area contributed by atoms with Crippen LogP contribution in [-0.2, 0) is 9.59 Å². The predicted octanol–water partition coefficient (Wildman–Crippen LogP) is 3.51. The number of para-hydroxylation sites is 1. The van der Waals surface area contributed by atoms with Crippen molar-refractivity contribution in [1.82, 2.24) is 15.8 Å². The Bertz CT molecular complexity index is 1120. The number of allylic oxidation sites excluding steroid dienone is 2. The van der Waals surface area contributed by atoms with Gasteiger partial charge in [-0.2, -0.15) is 0 Å². The Kier molecular flexibility index (Phi) is 6.72. The molecular weight excluding hydrogens is 440 g/mol. The Morgan fingerprint density at radius 2 is 1.64 bits per heavy atom. The van der Waals surface area contributed by atoms with Gasteiger partial charge in [-0.15, -0.1) is 0 Å². The van der Waals surface area contributed by atoms with Gasteiger partial charge in [0, 0.05) is 53.9 Å². The van der Waals surface area contributed by atoms with Gasteiger partial charge in [0.05, 0.1) is 11.5 Å². The standard InChI is InChI=1S/C25H27ClN4O3/c1-16-21(23(18-7-6-8-19(26)15-18)22(25(32)33)17(2)27-16)24(31)28-30-13-11-29(12-14-30)20-9-4-3-5-10-20/h3-10,15,23,27H,11-14H2,1-2H3,(H,28,31)(H,32,33). The van der Waals surface area contributed by atoms with Gasteiger partial charge >= 0.3 is 5.97 Å². The zero-order valence-electron chi connectivity index (χ0n) is 18.6. The van der Waals surface area contributed by atoms with E-state index >= 15 is 0 Å². The number of hydrogen-bond donors (Lipinski definition) is 3. The molecule has 0 aliphatic carbocycles. The summed E-state index contributed by atoms with van der Waals surface area (Å²) in [6.07, 6.45) is 0. The molecule has 2 aromatic rings. The van der Waals surface area contributed by atoms with Gasteiger partial charge in [0.15, 0.2) is 0 Å². The van der Waals surface area contributed by atoms with Crippen LogP contribution < -0.4 is 15.6 Å². The number of hydrogen-bond acceptors (Lipinski definition) is 5. The van der Waals surface area contributed by atoms with Crippen molar-refractivity contribution in [2.45, 2.75) is 19.8 Å². The van der Waals surface area contributed by atoms with Crippen molar-refractivity contribution in [3.63, 3.8) is 0 Å². The normalized spacial score (nSPS) is 19.4. The fourth-order valence-electron chi connectivity index (χ4n) is 4.52. The molecule has 2 aliphatic rings. The summed E-state index contributed by atoms with van der Waals surface area (Å²) in [4.78, 5) is 27.9. The van der Waals surface area contributed by atoms with E-state index in [1.807, 2.05) is 23.2 Å². The quantitative estimate of drug-likeness (QED) is 0.625. The zero-order chi connectivity index (χ0) is 23.5. The van der Waals surface area contributed by atoms with Crippen molar-refractivity contribution in [3.8, 4) is 0 Å². The summed E-state index contributed by atoms with van der Waals surface area (Å²) in [7, 11) is 0. The summed E-state index contributed by atoms with van der Waals surface area (Å²) in [5, 5.41) is 15.4. The predicted molar refractivity (Wildman–Crippen MR) is 129 cm³/mol. The van der Waals surface area contributed by atoms with Crippen molar-refractivity contribution >= 4 is 29.2 Å². The number of benzene rings is 2. The first kappa shape index (κ1) is 22.9. The summed E-state index contributed by atoms with van der Waals surface area (Å²) in [5.74, 6) is -2.11. The van der Waals surface area contributed by atoms with E-state index in [1.54, 1.807) is 38.1 Å². The van der Waals surface area contributed by atoms with Crippen LogP contribution in [0, 0.1) is 0 Å². The van der Waals surface area contributed by atoms with E-state index in [0.29, 0.717) is 40.6 Å². The van der Waals surface area contributed by atoms with E-state index in [-0.39, 0.29) is 11.5 Å². The number of nitrogens with one attached hydrogen (secondary N) is 2. The second-order valence-corrected chi connectivity index (χ2v) is 8.68. The molecular formula is C25H27ClN4O3. The molecule has 2 aliphatic heterocycles. The van der Waals surface area contributed by atoms with Crippen LogP contribution >= 0.6 is 11.6 Å². The average molecular weight is 467 g/mol. The Morgan fingerprint density at radius 1 is 0.970 bits per heavy atom. The number of piperazine rings is 1. The van der Waals surface area contributed by atoms with Gasteiger partial charge in [0.1, 0.15) is 0 Å². The number of carbonyl (C=O) groups excluding carboxylic acids is 1. The molecule has 172 valence electrons. The highest BCUT2D eigenvalue weighted by Crippen LogP contribution is 2.39. The molecule has 33 heavy (non-hydrogen) atoms. The molecule has 1 unspecified atom stereocenters. The molecule has 4 rings (SSSR count). The molecule has 7 nitrogen and oxygen atoms in total. The minimum Gasteiger partial charge on any atom is -0.478 e. The first-order valence-corrected chi connectivity index (χ1v) is 11.3. The molecule has 0 spiro atoms. The summed E-state index contributed by atoms with van der Waals surface area (Å²) in [5.41, 5.74) is 6.49. The molecule has 2 aromatic carbocycles. The van der Waals surface area contributed by atoms with E-state index in [1.165, 1.54) is 0 Å². The Balaban J connectivity index is 1.55. The maximum absolute atomic E-state index is 13.5. The van der Waals surface area contributed by atoms with Gasteiger partial charge < -0.3 is 15.3 Å². The Hall–Kier alpha value is -3.29. The number of carbonyl (C=O) groups is 2. The van der Waals surface area contributed by atoms with E-state index in [4.69, 9.17) is 11.6 Å². The van der Waals surface area contributed by atoms with Crippen molar-refractivity contribution in [1.29, 1.82) is 0 Å². The van der Waals surface area contributed by atoms with Gasteiger partial charge in [-0.3, -0.25) is 10.2 Å². The zero-order valence-corrected chi connectivity index (χ0v) is 19.4. The van der Waals surface area contributed by atoms with Crippen molar-refractivity contribution in [2.75, 3.05) is 31.1 Å². The molecule has 0 aromatic heterocycles. The number of carboxylic acids is 1. The number of rotatable bonds is 5. The van der Waals surface area contributed by atoms with Crippen LogP contribution in [0.4, 0.5) is 5.69 Å². The number of amides is 1. The number of nitrogens with zero attached hydrogens (tertiary/aromatic N) is 2. The first-order valence-electron chi connectivity index (χ1n) is 10.9. The third-order valence-corrected chi connectivity index (χ3v) is 6.31. The highest BCUT2D eigenvalue weighted by atomic mass is 35.5. The topological polar surface area (TPSA) is 84.9 Å². The van der Waals surface area contributed by atoms with Crippen LogP contribution in [0.1, 0.15) is 25.3 Å². The monoisotopic (exact) mass is 466 g/mol. The maximum Gasteiger partial charge on any atom is 0.334 e. The molecule has 0 saturated carbocycles. The van der Waals surface area contributed by atoms with Crippen molar-refractivity contribution < 1.29 is 14.7 Å². The van der Waals surface area contributed by atoms with E-state index in [9.17, 15) is 14.7 Å². The van der Waals surface area contributed by atoms with Gasteiger partial charge in [0.2, 0.25) is 0 Å². The van der Waals surface area contributed by atoms with E-state index < -0.39 is 11.9 Å². The Labute approximate surface area is 198 Å². The van der Waals surface area contributed by atoms with Crippen LogP contribution in [-0.4, -0.2) is 48.2 Å². The summed E-state index contributed by atoms with van der Waals surface area (Å²) in [6.45, 7) is 6.37. The minimum absolute atomic E-state index is 0.141. The highest BCUT2D eigenvalue weighted by molar-refractivity contribution is 6.30. The number of dihydropyridines is 1. The van der Waals surface area contributed by atoms with Crippen LogP contribution in [0.15, 0.2) is 77.1 Å². The lowest BCUT2D eigenvalue weighted by atomic mass is 9.80. The molecule has 1 fully saturated rings. The van der Waals surface area contributed by atoms with Crippen molar-refractivity contribution in [2.24, 2.45) is 0 Å². The fourth-order valence-corrected chi connectivity index (χ4v) is 4.72. The van der Waals surface area contributed by atoms with Crippen LogP contribution in [0.5, 0.6) is 0 Å². The number of carboxylic acid groups (broad SMARTS) is 1. The number of anilines is 1. The van der Waals surface area contributed by atoms with E-state index in [2.05, 4.69) is 27.8 Å². The van der Waals surface area contributed by atoms with Gasteiger partial charge in [-0.05, 0) is 43.7 Å². The fraction of sp³-hybridized carbons (Fsp3) is 0.280. The number of aliphatic carboxylic acids is 1. The second-order valence-electron chi connectivity index (χ2n) is 8.25. The lowest BCUT2D eigenvalue weighted by Gasteiger charge is -2.37. The van der Waals surface area contributed by atoms with E-state index in [0.717, 1.165) is 18.8 Å². The third kappa shape index (κ3) is 4.89. The molecule has 3 N–H and O–H groups in total. The molecule has 1 saturated heterocycles. The number of hydrazine groups is 1. The molecule has 1 atom stereocenters. The van der Waals surface area contributed by atoms with Gasteiger partial charge in [0.25, 0.3) is 5.91 Å². The summed E-state index contributed by atoms with van der Waals surface area (Å²) < 4.78 is 0. The molecule has 8 heteroatoms. The summed E-state index contributed by atoms with van der Waals surface area (Å²) in [6, 6.07) is 17.2.